The molecule has 0 spiro atoms. The van der Waals surface area contributed by atoms with Crippen LogP contribution in [0.4, 0.5) is 4.39 Å². The maximum atomic E-state index is 13.6. The zero-order valence-electron chi connectivity index (χ0n) is 12.2. The van der Waals surface area contributed by atoms with Crippen LogP contribution in [0.25, 0.3) is 0 Å². The van der Waals surface area contributed by atoms with E-state index in [9.17, 15) is 9.18 Å². The Hall–Kier alpha value is -1.58. The van der Waals surface area contributed by atoms with E-state index in [1.54, 1.807) is 6.07 Å². The van der Waals surface area contributed by atoms with Crippen LogP contribution in [-0.4, -0.2) is 19.1 Å². The van der Waals surface area contributed by atoms with Crippen molar-refractivity contribution in [1.29, 1.82) is 0 Å². The summed E-state index contributed by atoms with van der Waals surface area (Å²) in [5.41, 5.74) is 0.310. The van der Waals surface area contributed by atoms with Crippen LogP contribution in [-0.2, 0) is 0 Å². The third-order valence-corrected chi connectivity index (χ3v) is 3.15. The van der Waals surface area contributed by atoms with E-state index in [0.29, 0.717) is 17.4 Å². The molecule has 0 bridgehead atoms. The topological polar surface area (TPSA) is 38.3 Å². The van der Waals surface area contributed by atoms with Crippen LogP contribution in [0.5, 0.6) is 5.75 Å². The molecule has 4 heteroatoms. The van der Waals surface area contributed by atoms with E-state index in [1.807, 2.05) is 0 Å². The van der Waals surface area contributed by atoms with E-state index < -0.39 is 5.82 Å². The Morgan fingerprint density at radius 2 is 1.79 bits per heavy atom. The highest BCUT2D eigenvalue weighted by molar-refractivity contribution is 5.94. The highest BCUT2D eigenvalue weighted by atomic mass is 19.1. The zero-order chi connectivity index (χ0) is 14.6. The lowest BCUT2D eigenvalue weighted by Crippen LogP contribution is -2.42. The Labute approximate surface area is 114 Å². The highest BCUT2D eigenvalue weighted by Crippen LogP contribution is 2.18. The molecule has 0 aliphatic carbocycles. The number of hydrogen-bond donors (Lipinski definition) is 1. The van der Waals surface area contributed by atoms with E-state index in [2.05, 4.69) is 33.0 Å². The predicted molar refractivity (Wildman–Crippen MR) is 73.9 cm³/mol. The third-order valence-electron chi connectivity index (χ3n) is 3.15. The van der Waals surface area contributed by atoms with Gasteiger partial charge in [0.1, 0.15) is 0 Å². The second-order valence-electron chi connectivity index (χ2n) is 5.34. The number of rotatable bonds is 5. The van der Waals surface area contributed by atoms with Crippen molar-refractivity contribution < 1.29 is 13.9 Å². The first-order valence-corrected chi connectivity index (χ1v) is 6.51. The summed E-state index contributed by atoms with van der Waals surface area (Å²) in [4.78, 5) is 12.1. The average Bonchev–Trinajstić information content (AvgIpc) is 2.34. The molecule has 1 N–H and O–H groups in total. The van der Waals surface area contributed by atoms with Gasteiger partial charge >= 0.3 is 0 Å². The van der Waals surface area contributed by atoms with Crippen LogP contribution >= 0.6 is 0 Å². The number of hydrogen-bond acceptors (Lipinski definition) is 2. The number of carbonyl (C=O) groups is 1. The molecule has 0 aromatic heterocycles. The lowest BCUT2D eigenvalue weighted by atomic mass is 9.93. The van der Waals surface area contributed by atoms with Crippen LogP contribution < -0.4 is 10.1 Å². The van der Waals surface area contributed by atoms with Crippen molar-refractivity contribution in [2.45, 2.75) is 33.7 Å². The van der Waals surface area contributed by atoms with Crippen molar-refractivity contribution in [2.24, 2.45) is 11.8 Å². The highest BCUT2D eigenvalue weighted by Gasteiger charge is 2.20. The van der Waals surface area contributed by atoms with Gasteiger partial charge in [0.2, 0.25) is 0 Å². The van der Waals surface area contributed by atoms with Crippen LogP contribution in [0.1, 0.15) is 38.1 Å². The number of halogens is 1. The average molecular weight is 267 g/mol. The molecular formula is C15H22FNO2. The molecule has 1 amide bonds. The SMILES string of the molecule is COc1ccc(C(=O)NC(C(C)C)C(C)C)cc1F. The molecule has 0 heterocycles. The van der Waals surface area contributed by atoms with E-state index in [0.717, 1.165) is 0 Å². The first-order chi connectivity index (χ1) is 8.86. The summed E-state index contributed by atoms with van der Waals surface area (Å²) in [5, 5.41) is 2.95. The molecule has 0 radical (unpaired) electrons. The number of nitrogens with one attached hydrogen (secondary N) is 1. The summed E-state index contributed by atoms with van der Waals surface area (Å²) < 4.78 is 18.4. The lowest BCUT2D eigenvalue weighted by molar-refractivity contribution is 0.0910. The molecule has 0 saturated carbocycles. The number of carbonyl (C=O) groups excluding carboxylic acids is 1. The number of benzene rings is 1. The minimum Gasteiger partial charge on any atom is -0.494 e. The Kier molecular flexibility index (Phi) is 5.33. The van der Waals surface area contributed by atoms with Gasteiger partial charge in [0.25, 0.3) is 5.91 Å². The second-order valence-corrected chi connectivity index (χ2v) is 5.34. The van der Waals surface area contributed by atoms with Gasteiger partial charge in [-0.1, -0.05) is 27.7 Å². The van der Waals surface area contributed by atoms with Crippen LogP contribution in [0.3, 0.4) is 0 Å². The van der Waals surface area contributed by atoms with Gasteiger partial charge in [-0.2, -0.15) is 0 Å². The molecule has 0 aliphatic heterocycles. The molecule has 1 aromatic carbocycles. The fourth-order valence-electron chi connectivity index (χ4n) is 2.15. The minimum atomic E-state index is -0.527. The predicted octanol–water partition coefficient (Wildman–Crippen LogP) is 3.24. The molecule has 0 aliphatic rings. The molecule has 0 unspecified atom stereocenters. The maximum Gasteiger partial charge on any atom is 0.251 e. The van der Waals surface area contributed by atoms with Crippen LogP contribution in [0.15, 0.2) is 18.2 Å². The summed E-state index contributed by atoms with van der Waals surface area (Å²) >= 11 is 0. The Morgan fingerprint density at radius 3 is 2.21 bits per heavy atom. The fraction of sp³-hybridized carbons (Fsp3) is 0.533. The minimum absolute atomic E-state index is 0.0673. The standard InChI is InChI=1S/C15H22FNO2/c1-9(2)14(10(3)4)17-15(18)11-6-7-13(19-5)12(16)8-11/h6-10,14H,1-5H3,(H,17,18). The summed E-state index contributed by atoms with van der Waals surface area (Å²) in [7, 11) is 1.39. The fourth-order valence-corrected chi connectivity index (χ4v) is 2.15. The van der Waals surface area contributed by atoms with E-state index in [4.69, 9.17) is 4.74 Å². The molecule has 106 valence electrons. The summed E-state index contributed by atoms with van der Waals surface area (Å²) in [6.45, 7) is 8.22. The molecule has 3 nitrogen and oxygen atoms in total. The monoisotopic (exact) mass is 267 g/mol. The van der Waals surface area contributed by atoms with Crippen molar-refractivity contribution in [2.75, 3.05) is 7.11 Å². The van der Waals surface area contributed by atoms with Crippen molar-refractivity contribution in [1.82, 2.24) is 5.32 Å². The normalized spacial score (nSPS) is 11.2. The van der Waals surface area contributed by atoms with Crippen molar-refractivity contribution >= 4 is 5.91 Å². The van der Waals surface area contributed by atoms with Gasteiger partial charge in [0.15, 0.2) is 11.6 Å². The molecular weight excluding hydrogens is 245 g/mol. The first kappa shape index (κ1) is 15.5. The summed E-state index contributed by atoms with van der Waals surface area (Å²) in [6, 6.07) is 4.29. The second kappa shape index (κ2) is 6.55. The number of amides is 1. The zero-order valence-corrected chi connectivity index (χ0v) is 12.2. The van der Waals surface area contributed by atoms with Crippen molar-refractivity contribution in [3.8, 4) is 5.75 Å². The Bertz CT molecular complexity index is 436. The lowest BCUT2D eigenvalue weighted by Gasteiger charge is -2.26. The van der Waals surface area contributed by atoms with Crippen LogP contribution in [0, 0.1) is 17.7 Å². The molecule has 1 rings (SSSR count). The van der Waals surface area contributed by atoms with Crippen molar-refractivity contribution in [3.05, 3.63) is 29.6 Å². The van der Waals surface area contributed by atoms with Gasteiger partial charge in [-0.3, -0.25) is 4.79 Å². The van der Waals surface area contributed by atoms with Gasteiger partial charge in [0, 0.05) is 11.6 Å². The van der Waals surface area contributed by atoms with E-state index in [1.165, 1.54) is 19.2 Å². The largest absolute Gasteiger partial charge is 0.494 e. The van der Waals surface area contributed by atoms with Gasteiger partial charge in [-0.15, -0.1) is 0 Å². The van der Waals surface area contributed by atoms with Crippen molar-refractivity contribution in [3.63, 3.8) is 0 Å². The van der Waals surface area contributed by atoms with E-state index in [-0.39, 0.29) is 17.7 Å². The Morgan fingerprint density at radius 1 is 1.21 bits per heavy atom. The van der Waals surface area contributed by atoms with E-state index >= 15 is 0 Å². The van der Waals surface area contributed by atoms with Crippen LogP contribution in [0.2, 0.25) is 0 Å². The molecule has 0 saturated heterocycles. The summed E-state index contributed by atoms with van der Waals surface area (Å²) in [6.07, 6.45) is 0. The first-order valence-electron chi connectivity index (χ1n) is 6.51. The Balaban J connectivity index is 2.86. The third kappa shape index (κ3) is 3.94. The van der Waals surface area contributed by atoms with Gasteiger partial charge in [-0.05, 0) is 30.0 Å². The summed E-state index contributed by atoms with van der Waals surface area (Å²) in [5.74, 6) is 0.00894. The molecule has 0 atom stereocenters. The maximum absolute atomic E-state index is 13.6. The smallest absolute Gasteiger partial charge is 0.251 e. The number of ether oxygens (including phenoxy) is 1. The molecule has 1 aromatic rings. The number of methoxy groups -OCH3 is 1. The molecule has 19 heavy (non-hydrogen) atoms. The van der Waals surface area contributed by atoms with Gasteiger partial charge < -0.3 is 10.1 Å². The molecule has 0 fully saturated rings. The quantitative estimate of drug-likeness (QED) is 0.889. The van der Waals surface area contributed by atoms with Gasteiger partial charge in [0.05, 0.1) is 7.11 Å². The van der Waals surface area contributed by atoms with Gasteiger partial charge in [-0.25, -0.2) is 4.39 Å².